The van der Waals surface area contributed by atoms with E-state index in [0.717, 1.165) is 16.7 Å². The van der Waals surface area contributed by atoms with Gasteiger partial charge in [0.05, 0.1) is 23.7 Å². The number of carbonyl (C=O) groups excluding carboxylic acids is 2. The number of nitrogens with one attached hydrogen (secondary N) is 2. The van der Waals surface area contributed by atoms with Gasteiger partial charge in [0, 0.05) is 25.6 Å². The van der Waals surface area contributed by atoms with Crippen LogP contribution in [0, 0.1) is 6.92 Å². The number of aryl methyl sites for hydroxylation is 1. The number of benzene rings is 2. The molecule has 2 aromatic carbocycles. The molecule has 4 aromatic rings. The van der Waals surface area contributed by atoms with Crippen LogP contribution >= 0.6 is 0 Å². The number of hydrogen-bond acceptors (Lipinski definition) is 7. The van der Waals surface area contributed by atoms with Crippen LogP contribution in [0.15, 0.2) is 62.3 Å². The summed E-state index contributed by atoms with van der Waals surface area (Å²) in [6.07, 6.45) is -0.588. The van der Waals surface area contributed by atoms with Crippen molar-refractivity contribution in [2.24, 2.45) is 0 Å². The summed E-state index contributed by atoms with van der Waals surface area (Å²) in [4.78, 5) is 41.0. The van der Waals surface area contributed by atoms with Crippen LogP contribution in [0.2, 0.25) is 0 Å². The van der Waals surface area contributed by atoms with Crippen molar-refractivity contribution in [3.05, 3.63) is 76.1 Å². The normalized spacial score (nSPS) is 17.7. The molecule has 1 saturated heterocycles. The van der Waals surface area contributed by atoms with Crippen molar-refractivity contribution in [2.75, 3.05) is 6.54 Å². The van der Waals surface area contributed by atoms with E-state index in [-0.39, 0.29) is 37.7 Å². The molecule has 2 atom stereocenters. The third-order valence-electron chi connectivity index (χ3n) is 6.08. The van der Waals surface area contributed by atoms with E-state index in [9.17, 15) is 19.5 Å². The number of H-pyrrole nitrogens is 1. The predicted octanol–water partition coefficient (Wildman–Crippen LogP) is 1.91. The van der Waals surface area contributed by atoms with E-state index >= 15 is 0 Å². The molecule has 35 heavy (non-hydrogen) atoms. The van der Waals surface area contributed by atoms with Gasteiger partial charge in [0.25, 0.3) is 0 Å². The lowest BCUT2D eigenvalue weighted by molar-refractivity contribution is -0.138. The second kappa shape index (κ2) is 9.22. The van der Waals surface area contributed by atoms with Gasteiger partial charge < -0.3 is 24.3 Å². The van der Waals surface area contributed by atoms with E-state index < -0.39 is 17.9 Å². The Hall–Kier alpha value is -4.18. The number of aromatic nitrogens is 2. The Kier molecular flexibility index (Phi) is 5.96. The molecule has 0 spiro atoms. The molecule has 1 aliphatic heterocycles. The summed E-state index contributed by atoms with van der Waals surface area (Å²) in [5.74, 6) is -0.682. The second-order valence-corrected chi connectivity index (χ2v) is 8.70. The molecule has 0 aliphatic carbocycles. The summed E-state index contributed by atoms with van der Waals surface area (Å²) in [7, 11) is 0. The zero-order valence-electron chi connectivity index (χ0n) is 19.0. The number of aliphatic hydroxyl groups excluding tert-OH is 1. The van der Waals surface area contributed by atoms with Crippen molar-refractivity contribution in [1.29, 1.82) is 0 Å². The molecule has 0 bridgehead atoms. The van der Waals surface area contributed by atoms with Gasteiger partial charge in [-0.1, -0.05) is 35.5 Å². The summed E-state index contributed by atoms with van der Waals surface area (Å²) in [6.45, 7) is 2.15. The molecule has 1 fully saturated rings. The van der Waals surface area contributed by atoms with Crippen LogP contribution in [0.5, 0.6) is 0 Å². The number of amides is 2. The van der Waals surface area contributed by atoms with E-state index in [1.807, 2.05) is 36.4 Å². The van der Waals surface area contributed by atoms with Crippen LogP contribution in [0.4, 0.5) is 0 Å². The molecule has 1 aliphatic rings. The second-order valence-electron chi connectivity index (χ2n) is 8.70. The zero-order valence-corrected chi connectivity index (χ0v) is 19.0. The minimum atomic E-state index is -0.757. The smallest absolute Gasteiger partial charge is 0.408 e. The van der Waals surface area contributed by atoms with Crippen LogP contribution in [-0.4, -0.2) is 50.7 Å². The molecule has 2 aromatic heterocycles. The average Bonchev–Trinajstić information content (AvgIpc) is 3.54. The van der Waals surface area contributed by atoms with Crippen molar-refractivity contribution in [3.8, 4) is 11.1 Å². The monoisotopic (exact) mass is 476 g/mol. The fourth-order valence-electron chi connectivity index (χ4n) is 4.34. The summed E-state index contributed by atoms with van der Waals surface area (Å²) in [5.41, 5.74) is 4.54. The Balaban J connectivity index is 1.21. The Morgan fingerprint density at radius 1 is 1.17 bits per heavy atom. The fraction of sp³-hybridized carbons (Fsp3) is 0.280. The lowest BCUT2D eigenvalue weighted by atomic mass is 10.0. The third kappa shape index (κ3) is 4.87. The Morgan fingerprint density at radius 2 is 1.94 bits per heavy atom. The van der Waals surface area contributed by atoms with E-state index in [4.69, 9.17) is 8.94 Å². The number of nitrogens with zero attached hydrogens (tertiary/aromatic N) is 2. The maximum absolute atomic E-state index is 12.9. The molecular weight excluding hydrogens is 452 g/mol. The first-order valence-corrected chi connectivity index (χ1v) is 11.3. The molecule has 0 saturated carbocycles. The van der Waals surface area contributed by atoms with Gasteiger partial charge in [0.15, 0.2) is 5.58 Å². The summed E-state index contributed by atoms with van der Waals surface area (Å²) >= 11 is 0. The van der Waals surface area contributed by atoms with Crippen LogP contribution in [0.3, 0.4) is 0 Å². The van der Waals surface area contributed by atoms with Crippen molar-refractivity contribution in [2.45, 2.75) is 38.5 Å². The van der Waals surface area contributed by atoms with Gasteiger partial charge in [-0.2, -0.15) is 0 Å². The van der Waals surface area contributed by atoms with Crippen molar-refractivity contribution >= 4 is 22.9 Å². The number of likely N-dealkylation sites (tertiary alicyclic amines) is 1. The van der Waals surface area contributed by atoms with E-state index in [1.54, 1.807) is 19.1 Å². The molecule has 10 heteroatoms. The maximum atomic E-state index is 12.9. The van der Waals surface area contributed by atoms with Crippen molar-refractivity contribution < 1.29 is 23.6 Å². The first-order valence-electron chi connectivity index (χ1n) is 11.3. The van der Waals surface area contributed by atoms with Crippen LogP contribution in [0.1, 0.15) is 23.4 Å². The number of hydrogen-bond donors (Lipinski definition) is 3. The maximum Gasteiger partial charge on any atom is 0.417 e. The van der Waals surface area contributed by atoms with Gasteiger partial charge in [0.2, 0.25) is 11.8 Å². The summed E-state index contributed by atoms with van der Waals surface area (Å²) in [5, 5.41) is 16.7. The highest BCUT2D eigenvalue weighted by Gasteiger charge is 2.38. The molecule has 2 amide bonds. The number of fused-ring (bicyclic) bond motifs is 1. The van der Waals surface area contributed by atoms with Gasteiger partial charge >= 0.3 is 5.76 Å². The fourth-order valence-corrected chi connectivity index (χ4v) is 4.34. The van der Waals surface area contributed by atoms with Crippen molar-refractivity contribution in [1.82, 2.24) is 20.4 Å². The zero-order chi connectivity index (χ0) is 24.5. The van der Waals surface area contributed by atoms with Crippen LogP contribution in [0.25, 0.3) is 22.2 Å². The highest BCUT2D eigenvalue weighted by atomic mass is 16.5. The van der Waals surface area contributed by atoms with E-state index in [1.165, 1.54) is 4.90 Å². The lowest BCUT2D eigenvalue weighted by Crippen LogP contribution is -2.46. The minimum absolute atomic E-state index is 0.0166. The van der Waals surface area contributed by atoms with Gasteiger partial charge in [-0.15, -0.1) is 0 Å². The topological polar surface area (TPSA) is 142 Å². The van der Waals surface area contributed by atoms with E-state index in [0.29, 0.717) is 22.6 Å². The molecule has 5 rings (SSSR count). The molecule has 2 unspecified atom stereocenters. The highest BCUT2D eigenvalue weighted by molar-refractivity contribution is 5.89. The predicted molar refractivity (Wildman–Crippen MR) is 125 cm³/mol. The van der Waals surface area contributed by atoms with Crippen LogP contribution < -0.4 is 11.1 Å². The molecule has 180 valence electrons. The number of aliphatic hydroxyl groups is 1. The van der Waals surface area contributed by atoms with Crippen LogP contribution in [-0.2, 0) is 22.6 Å². The Labute approximate surface area is 199 Å². The quantitative estimate of drug-likeness (QED) is 0.386. The summed E-state index contributed by atoms with van der Waals surface area (Å²) < 4.78 is 10.1. The minimum Gasteiger partial charge on any atom is -0.408 e. The number of aromatic amines is 1. The third-order valence-corrected chi connectivity index (χ3v) is 6.08. The molecular formula is C25H24N4O6. The Bertz CT molecular complexity index is 1430. The SMILES string of the molecule is Cc1cc(CC(=O)N2CC(O)CC2C(=O)NCc2ccc(-c3ccc4oc(=O)[nH]c4c3)cc2)on1. The molecule has 3 heterocycles. The Morgan fingerprint density at radius 3 is 2.69 bits per heavy atom. The molecule has 0 radical (unpaired) electrons. The van der Waals surface area contributed by atoms with Gasteiger partial charge in [-0.3, -0.25) is 14.6 Å². The molecule has 10 nitrogen and oxygen atoms in total. The number of carbonyl (C=O) groups is 2. The van der Waals surface area contributed by atoms with Gasteiger partial charge in [0.1, 0.15) is 11.8 Å². The van der Waals surface area contributed by atoms with Gasteiger partial charge in [-0.05, 0) is 35.7 Å². The largest absolute Gasteiger partial charge is 0.417 e. The van der Waals surface area contributed by atoms with E-state index in [2.05, 4.69) is 15.5 Å². The van der Waals surface area contributed by atoms with Gasteiger partial charge in [-0.25, -0.2) is 4.79 Å². The summed E-state index contributed by atoms with van der Waals surface area (Å²) in [6, 6.07) is 14.0. The highest BCUT2D eigenvalue weighted by Crippen LogP contribution is 2.24. The molecule has 3 N–H and O–H groups in total. The van der Waals surface area contributed by atoms with Crippen molar-refractivity contribution in [3.63, 3.8) is 0 Å². The number of β-amino-alcohol motifs (C(OH)–C–C–N with tert-alkyl or cyclic N) is 1. The first-order chi connectivity index (χ1) is 16.9. The number of oxazole rings is 1. The lowest BCUT2D eigenvalue weighted by Gasteiger charge is -2.23. The first kappa shape index (κ1) is 22.6. The standard InChI is InChI=1S/C25H24N4O6/c1-14-8-19(35-28-14)11-23(31)29-13-18(30)10-21(29)24(32)26-12-15-2-4-16(5-3-15)17-6-7-22-20(9-17)27-25(33)34-22/h2-9,18,21,30H,10-13H2,1H3,(H,26,32)(H,27,33). The average molecular weight is 476 g/mol. The number of rotatable bonds is 6.